The van der Waals surface area contributed by atoms with Crippen molar-refractivity contribution in [3.63, 3.8) is 0 Å². The number of ether oxygens (including phenoxy) is 1. The maximum Gasteiger partial charge on any atom is 0.153 e. The van der Waals surface area contributed by atoms with Gasteiger partial charge in [-0.15, -0.1) is 0 Å². The minimum atomic E-state index is -0.310. The number of H-pyrrole nitrogens is 1. The molecule has 1 unspecified atom stereocenters. The van der Waals surface area contributed by atoms with Crippen LogP contribution in [0.4, 0.5) is 17.5 Å². The van der Waals surface area contributed by atoms with E-state index in [0.29, 0.717) is 31.3 Å². The zero-order valence-electron chi connectivity index (χ0n) is 18.7. The van der Waals surface area contributed by atoms with Gasteiger partial charge >= 0.3 is 0 Å². The van der Waals surface area contributed by atoms with Crippen LogP contribution in [0.3, 0.4) is 0 Å². The molecule has 0 radical (unpaired) electrons. The van der Waals surface area contributed by atoms with Crippen LogP contribution in [0.2, 0.25) is 0 Å². The first kappa shape index (κ1) is 20.4. The van der Waals surface area contributed by atoms with E-state index in [-0.39, 0.29) is 5.41 Å². The second-order valence-corrected chi connectivity index (χ2v) is 9.74. The van der Waals surface area contributed by atoms with Gasteiger partial charge in [0.05, 0.1) is 24.8 Å². The molecule has 6 rings (SSSR count). The van der Waals surface area contributed by atoms with Gasteiger partial charge in [0, 0.05) is 54.1 Å². The summed E-state index contributed by atoms with van der Waals surface area (Å²) in [6.07, 6.45) is 6.31. The number of nitrogens with zero attached hydrogens (tertiary/aromatic N) is 5. The van der Waals surface area contributed by atoms with Gasteiger partial charge in [0.25, 0.3) is 0 Å². The Morgan fingerprint density at radius 2 is 2.06 bits per heavy atom. The van der Waals surface area contributed by atoms with Crippen molar-refractivity contribution in [2.75, 3.05) is 30.4 Å². The predicted molar refractivity (Wildman–Crippen MR) is 125 cm³/mol. The molecule has 3 aliphatic rings. The third-order valence-electron chi connectivity index (χ3n) is 7.27. The summed E-state index contributed by atoms with van der Waals surface area (Å²) in [5, 5.41) is 24.9. The lowest BCUT2D eigenvalue weighted by molar-refractivity contribution is -0.0999. The van der Waals surface area contributed by atoms with E-state index < -0.39 is 0 Å². The van der Waals surface area contributed by atoms with Crippen molar-refractivity contribution in [2.24, 2.45) is 5.41 Å². The Hall–Kier alpha value is -3.22. The molecule has 3 N–H and O–H groups in total. The highest BCUT2D eigenvalue weighted by atomic mass is 16.5. The van der Waals surface area contributed by atoms with Gasteiger partial charge in [0.1, 0.15) is 17.1 Å². The van der Waals surface area contributed by atoms with Crippen LogP contribution < -0.4 is 10.6 Å². The third kappa shape index (κ3) is 3.79. The summed E-state index contributed by atoms with van der Waals surface area (Å²) in [6, 6.07) is 11.8. The zero-order valence-corrected chi connectivity index (χ0v) is 18.7. The first-order valence-electron chi connectivity index (χ1n) is 11.7. The first-order chi connectivity index (χ1) is 16.1. The van der Waals surface area contributed by atoms with Crippen LogP contribution in [0, 0.1) is 23.7 Å². The van der Waals surface area contributed by atoms with E-state index in [1.165, 1.54) is 12.8 Å². The molecule has 3 aromatic heterocycles. The Labute approximate surface area is 192 Å². The Kier molecular flexibility index (Phi) is 4.93. The van der Waals surface area contributed by atoms with E-state index in [1.54, 1.807) is 0 Å². The number of hydrogen-bond acceptors (Lipinski definition) is 8. The Morgan fingerprint density at radius 1 is 1.24 bits per heavy atom. The molecule has 170 valence electrons. The second-order valence-electron chi connectivity index (χ2n) is 9.74. The number of hydrogen-bond donors (Lipinski definition) is 3. The van der Waals surface area contributed by atoms with E-state index in [1.807, 2.05) is 31.3 Å². The number of nitriles is 1. The second kappa shape index (κ2) is 7.97. The lowest BCUT2D eigenvalue weighted by atomic mass is 9.85. The summed E-state index contributed by atoms with van der Waals surface area (Å²) in [4.78, 5) is 12.0. The first-order valence-corrected chi connectivity index (χ1v) is 11.7. The molecule has 6 heterocycles. The summed E-state index contributed by atoms with van der Waals surface area (Å²) in [5.74, 6) is 2.31. The van der Waals surface area contributed by atoms with Gasteiger partial charge in [-0.3, -0.25) is 15.0 Å². The number of rotatable bonds is 6. The molecule has 33 heavy (non-hydrogen) atoms. The van der Waals surface area contributed by atoms with Gasteiger partial charge in [0.2, 0.25) is 0 Å². The Balaban J connectivity index is 1.22. The molecule has 3 aromatic rings. The average molecular weight is 445 g/mol. The molecular weight excluding hydrogens is 416 g/mol. The number of nitrogens with one attached hydrogen (secondary N) is 3. The van der Waals surface area contributed by atoms with E-state index in [2.05, 4.69) is 42.9 Å². The fraction of sp³-hybridized carbons (Fsp3) is 0.500. The van der Waals surface area contributed by atoms with Crippen molar-refractivity contribution in [3.8, 4) is 6.07 Å². The molecule has 0 spiro atoms. The highest BCUT2D eigenvalue weighted by Gasteiger charge is 2.48. The quantitative estimate of drug-likeness (QED) is 0.530. The topological polar surface area (TPSA) is 115 Å². The van der Waals surface area contributed by atoms with Crippen LogP contribution in [-0.2, 0) is 4.74 Å². The third-order valence-corrected chi connectivity index (χ3v) is 7.27. The van der Waals surface area contributed by atoms with Crippen LogP contribution in [0.15, 0.2) is 30.5 Å². The highest BCUT2D eigenvalue weighted by molar-refractivity contribution is 5.91. The molecule has 0 aliphatic carbocycles. The minimum absolute atomic E-state index is 0.310. The van der Waals surface area contributed by atoms with Crippen molar-refractivity contribution in [1.29, 1.82) is 5.26 Å². The monoisotopic (exact) mass is 444 g/mol. The van der Waals surface area contributed by atoms with Gasteiger partial charge in [-0.1, -0.05) is 0 Å². The summed E-state index contributed by atoms with van der Waals surface area (Å²) in [6.45, 7) is 3.94. The number of aromatic amines is 1. The van der Waals surface area contributed by atoms with Crippen LogP contribution in [0.5, 0.6) is 0 Å². The van der Waals surface area contributed by atoms with Gasteiger partial charge in [-0.05, 0) is 44.7 Å². The summed E-state index contributed by atoms with van der Waals surface area (Å²) >= 11 is 0. The zero-order chi connectivity index (χ0) is 22.4. The van der Waals surface area contributed by atoms with Crippen LogP contribution in [0.1, 0.15) is 31.4 Å². The standard InChI is InChI=1S/C24H28N8O/c1-15-7-22(31-30-15)28-21-10-20-19(3-2-6-26-20)23(29-21)27-16-8-17-4-5-18(9-16)32(17)12-24(11-25)13-33-14-24/h2-3,6-7,10,16-18H,4-5,8-9,12-14H2,1H3,(H3,27,28,29,30,31)/t16?,17-,18+. The average Bonchev–Trinajstić information content (AvgIpc) is 3.29. The summed E-state index contributed by atoms with van der Waals surface area (Å²) in [7, 11) is 0. The SMILES string of the molecule is Cc1cc(Nc2cc3ncccc3c(NC3C[C@H]4CC[C@@H](C3)N4CC3(C#N)COC3)n2)n[nH]1. The molecular formula is C24H28N8O. The summed E-state index contributed by atoms with van der Waals surface area (Å²) in [5.41, 5.74) is 1.57. The van der Waals surface area contributed by atoms with Crippen LogP contribution in [0.25, 0.3) is 10.9 Å². The number of anilines is 3. The maximum atomic E-state index is 9.65. The molecule has 9 heteroatoms. The fourth-order valence-corrected chi connectivity index (χ4v) is 5.60. The number of fused-ring (bicyclic) bond motifs is 3. The smallest absolute Gasteiger partial charge is 0.153 e. The molecule has 9 nitrogen and oxygen atoms in total. The number of aryl methyl sites for hydroxylation is 1. The Morgan fingerprint density at radius 3 is 2.73 bits per heavy atom. The molecule has 3 fully saturated rings. The Bertz CT molecular complexity index is 1200. The van der Waals surface area contributed by atoms with Crippen LogP contribution in [-0.4, -0.2) is 62.9 Å². The van der Waals surface area contributed by atoms with Crippen molar-refractivity contribution < 1.29 is 4.74 Å². The van der Waals surface area contributed by atoms with Gasteiger partial charge in [-0.2, -0.15) is 10.4 Å². The normalized spacial score (nSPS) is 26.0. The van der Waals surface area contributed by atoms with E-state index >= 15 is 0 Å². The molecule has 3 aliphatic heterocycles. The van der Waals surface area contributed by atoms with Gasteiger partial charge in [0.15, 0.2) is 5.82 Å². The van der Waals surface area contributed by atoms with Crippen molar-refractivity contribution in [3.05, 3.63) is 36.2 Å². The van der Waals surface area contributed by atoms with Gasteiger partial charge < -0.3 is 15.4 Å². The van der Waals surface area contributed by atoms with E-state index in [0.717, 1.165) is 53.4 Å². The molecule has 0 aromatic carbocycles. The van der Waals surface area contributed by atoms with E-state index in [4.69, 9.17) is 9.72 Å². The minimum Gasteiger partial charge on any atom is -0.378 e. The number of pyridine rings is 2. The van der Waals surface area contributed by atoms with Gasteiger partial charge in [-0.25, -0.2) is 4.98 Å². The van der Waals surface area contributed by atoms with Crippen molar-refractivity contribution >= 4 is 28.4 Å². The van der Waals surface area contributed by atoms with Crippen molar-refractivity contribution in [2.45, 2.75) is 50.7 Å². The van der Waals surface area contributed by atoms with Crippen molar-refractivity contribution in [1.82, 2.24) is 25.1 Å². The largest absolute Gasteiger partial charge is 0.378 e. The summed E-state index contributed by atoms with van der Waals surface area (Å²) < 4.78 is 5.37. The van der Waals surface area contributed by atoms with E-state index in [9.17, 15) is 5.26 Å². The molecule has 3 atom stereocenters. The molecule has 3 saturated heterocycles. The lowest BCUT2D eigenvalue weighted by Crippen LogP contribution is -2.56. The molecule has 2 bridgehead atoms. The molecule has 0 saturated carbocycles. The maximum absolute atomic E-state index is 9.65. The highest BCUT2D eigenvalue weighted by Crippen LogP contribution is 2.41. The number of aromatic nitrogens is 4. The lowest BCUT2D eigenvalue weighted by Gasteiger charge is -2.45. The van der Waals surface area contributed by atoms with Crippen LogP contribution >= 0.6 is 0 Å². The fourth-order valence-electron chi connectivity index (χ4n) is 5.60. The molecule has 0 amide bonds. The predicted octanol–water partition coefficient (Wildman–Crippen LogP) is 3.35. The number of piperidine rings is 1.